The molecule has 0 unspecified atom stereocenters. The fourth-order valence-corrected chi connectivity index (χ4v) is 7.61. The summed E-state index contributed by atoms with van der Waals surface area (Å²) in [6.07, 6.45) is 0. The lowest BCUT2D eigenvalue weighted by Crippen LogP contribution is -1.95. The van der Waals surface area contributed by atoms with Gasteiger partial charge in [-0.15, -0.1) is 0 Å². The second kappa shape index (κ2) is 9.73. The summed E-state index contributed by atoms with van der Waals surface area (Å²) in [7, 11) is 0. The predicted molar refractivity (Wildman–Crippen MR) is 185 cm³/mol. The van der Waals surface area contributed by atoms with Crippen molar-refractivity contribution in [1.82, 2.24) is 0 Å². The molecule has 1 heteroatoms. The van der Waals surface area contributed by atoms with Gasteiger partial charge in [-0.1, -0.05) is 151 Å². The standard InChI is InChI=1S/C42H26S/c1-2-12-27(13-3-1)28-14-10-15-29(26-28)40-31-17-4-6-19-33(31)41(34-20-7-5-18-32(34)40)37-25-24-36-30-16-8-9-22-38(30)43-39-23-11-21-35(37)42(36)39/h1-26H/i4D,5D,6D,7D,17D,18D,19D,20D. The lowest BCUT2D eigenvalue weighted by molar-refractivity contribution is 1.40. The van der Waals surface area contributed by atoms with Gasteiger partial charge in [-0.05, 0) is 89.6 Å². The highest BCUT2D eigenvalue weighted by atomic mass is 32.2. The maximum absolute atomic E-state index is 9.40. The van der Waals surface area contributed by atoms with Crippen molar-refractivity contribution >= 4 is 44.1 Å². The Balaban J connectivity index is 1.52. The van der Waals surface area contributed by atoms with Crippen LogP contribution in [0, 0.1) is 0 Å². The Morgan fingerprint density at radius 1 is 0.395 bits per heavy atom. The Morgan fingerprint density at radius 2 is 0.977 bits per heavy atom. The van der Waals surface area contributed by atoms with Crippen LogP contribution in [0.4, 0.5) is 0 Å². The van der Waals surface area contributed by atoms with Gasteiger partial charge in [0.2, 0.25) is 0 Å². The van der Waals surface area contributed by atoms with E-state index in [0.717, 1.165) is 42.8 Å². The molecule has 1 aliphatic heterocycles. The summed E-state index contributed by atoms with van der Waals surface area (Å²) >= 11 is 1.66. The molecule has 0 radical (unpaired) electrons. The second-order valence-electron chi connectivity index (χ2n) is 10.6. The average molecular weight is 571 g/mol. The van der Waals surface area contributed by atoms with Gasteiger partial charge in [-0.2, -0.15) is 0 Å². The summed E-state index contributed by atoms with van der Waals surface area (Å²) in [5.41, 5.74) is 5.83. The number of benzene rings is 8. The first-order valence-corrected chi connectivity index (χ1v) is 14.9. The molecule has 0 atom stereocenters. The molecule has 0 bridgehead atoms. The lowest BCUT2D eigenvalue weighted by Gasteiger charge is -2.23. The third-order valence-electron chi connectivity index (χ3n) is 8.30. The van der Waals surface area contributed by atoms with Crippen molar-refractivity contribution in [3.8, 4) is 44.5 Å². The molecule has 200 valence electrons. The minimum atomic E-state index is -0.413. The van der Waals surface area contributed by atoms with Crippen LogP contribution in [-0.4, -0.2) is 0 Å². The van der Waals surface area contributed by atoms with Crippen molar-refractivity contribution in [2.45, 2.75) is 9.79 Å². The molecular formula is C42H26S. The maximum atomic E-state index is 9.40. The van der Waals surface area contributed by atoms with Crippen LogP contribution in [-0.2, 0) is 0 Å². The van der Waals surface area contributed by atoms with Crippen molar-refractivity contribution in [2.24, 2.45) is 0 Å². The Hall–Kier alpha value is -5.11. The van der Waals surface area contributed by atoms with Gasteiger partial charge in [0.1, 0.15) is 0 Å². The van der Waals surface area contributed by atoms with Crippen molar-refractivity contribution < 1.29 is 11.0 Å². The van der Waals surface area contributed by atoms with Gasteiger partial charge in [0.25, 0.3) is 0 Å². The topological polar surface area (TPSA) is 0 Å². The molecule has 1 aliphatic rings. The van der Waals surface area contributed by atoms with Crippen LogP contribution in [0.3, 0.4) is 0 Å². The molecule has 0 saturated carbocycles. The Morgan fingerprint density at radius 3 is 1.74 bits per heavy atom. The van der Waals surface area contributed by atoms with Crippen molar-refractivity contribution in [3.05, 3.63) is 158 Å². The quantitative estimate of drug-likeness (QED) is 0.190. The van der Waals surface area contributed by atoms with Crippen LogP contribution in [0.15, 0.2) is 167 Å². The summed E-state index contributed by atoms with van der Waals surface area (Å²) in [4.78, 5) is 2.17. The smallest absolute Gasteiger partial charge is 0.0629 e. The molecule has 0 nitrogen and oxygen atoms in total. The normalized spacial score (nSPS) is 14.7. The molecule has 0 saturated heterocycles. The van der Waals surface area contributed by atoms with Crippen LogP contribution in [0.5, 0.6) is 0 Å². The van der Waals surface area contributed by atoms with Crippen LogP contribution in [0.2, 0.25) is 0 Å². The number of fused-ring (bicyclic) bond motifs is 4. The van der Waals surface area contributed by atoms with E-state index in [1.54, 1.807) is 11.8 Å². The Bertz CT molecular complexity index is 2730. The van der Waals surface area contributed by atoms with E-state index in [2.05, 4.69) is 18.2 Å². The van der Waals surface area contributed by atoms with E-state index in [-0.39, 0.29) is 45.7 Å². The molecule has 43 heavy (non-hydrogen) atoms. The van der Waals surface area contributed by atoms with Crippen molar-refractivity contribution in [3.63, 3.8) is 0 Å². The summed E-state index contributed by atoms with van der Waals surface area (Å²) in [6, 6.07) is 32.8. The van der Waals surface area contributed by atoms with Crippen LogP contribution in [0.1, 0.15) is 11.0 Å². The summed E-state index contributed by atoms with van der Waals surface area (Å²) in [5, 5.41) is 2.65. The zero-order valence-corrected chi connectivity index (χ0v) is 23.6. The monoisotopic (exact) mass is 570 g/mol. The maximum Gasteiger partial charge on any atom is 0.0629 e. The second-order valence-corrected chi connectivity index (χ2v) is 11.7. The van der Waals surface area contributed by atoms with Crippen molar-refractivity contribution in [2.75, 3.05) is 0 Å². The molecule has 0 amide bonds. The first kappa shape index (κ1) is 17.8. The van der Waals surface area contributed by atoms with Gasteiger partial charge >= 0.3 is 0 Å². The molecule has 8 aromatic carbocycles. The number of hydrogen-bond acceptors (Lipinski definition) is 1. The molecule has 0 N–H and O–H groups in total. The predicted octanol–water partition coefficient (Wildman–Crippen LogP) is 12.3. The Kier molecular flexibility index (Phi) is 4.02. The Labute approximate surface area is 266 Å². The molecular weight excluding hydrogens is 537 g/mol. The van der Waals surface area contributed by atoms with E-state index < -0.39 is 24.2 Å². The molecule has 0 fully saturated rings. The van der Waals surface area contributed by atoms with Crippen molar-refractivity contribution in [1.29, 1.82) is 0 Å². The van der Waals surface area contributed by atoms with E-state index in [0.29, 0.717) is 22.3 Å². The van der Waals surface area contributed by atoms with E-state index in [1.807, 2.05) is 91.0 Å². The van der Waals surface area contributed by atoms with Gasteiger partial charge in [-0.3, -0.25) is 0 Å². The molecule has 0 aliphatic carbocycles. The zero-order chi connectivity index (χ0) is 35.3. The lowest BCUT2D eigenvalue weighted by atomic mass is 9.83. The minimum Gasteiger partial charge on any atom is -0.0888 e. The number of hydrogen-bond donors (Lipinski definition) is 0. The highest BCUT2D eigenvalue weighted by Gasteiger charge is 2.23. The van der Waals surface area contributed by atoms with Crippen LogP contribution >= 0.6 is 11.8 Å². The van der Waals surface area contributed by atoms with Gasteiger partial charge in [-0.25, -0.2) is 0 Å². The SMILES string of the molecule is [2H]c1c([2H])c([2H])c2c(-c3ccc4c5c(cccc35)Sc3ccccc3-4)c3c([2H])c([2H])c([2H])c([2H])c3c(-c3cccc(-c4ccccc4)c3)c2c1[2H]. The summed E-state index contributed by atoms with van der Waals surface area (Å²) < 4.78 is 72.8. The molecule has 9 rings (SSSR count). The van der Waals surface area contributed by atoms with Gasteiger partial charge in [0.15, 0.2) is 0 Å². The summed E-state index contributed by atoms with van der Waals surface area (Å²) in [6.45, 7) is 0. The highest BCUT2D eigenvalue weighted by Crippen LogP contribution is 2.51. The van der Waals surface area contributed by atoms with E-state index in [4.69, 9.17) is 5.48 Å². The van der Waals surface area contributed by atoms with Gasteiger partial charge < -0.3 is 0 Å². The number of rotatable bonds is 3. The summed E-state index contributed by atoms with van der Waals surface area (Å²) in [5.74, 6) is 0. The zero-order valence-electron chi connectivity index (χ0n) is 30.8. The van der Waals surface area contributed by atoms with Crippen LogP contribution in [0.25, 0.3) is 76.8 Å². The van der Waals surface area contributed by atoms with E-state index in [1.165, 1.54) is 0 Å². The minimum absolute atomic E-state index is 0.207. The fourth-order valence-electron chi connectivity index (χ4n) is 6.47. The largest absolute Gasteiger partial charge is 0.0888 e. The molecule has 8 aromatic rings. The third kappa shape index (κ3) is 3.79. The molecule has 0 aromatic heterocycles. The van der Waals surface area contributed by atoms with Gasteiger partial charge in [0, 0.05) is 15.2 Å². The van der Waals surface area contributed by atoms with E-state index >= 15 is 0 Å². The first-order valence-electron chi connectivity index (χ1n) is 18.1. The fraction of sp³-hybridized carbons (Fsp3) is 0. The molecule has 0 spiro atoms. The third-order valence-corrected chi connectivity index (χ3v) is 9.44. The van der Waals surface area contributed by atoms with Gasteiger partial charge in [0.05, 0.1) is 11.0 Å². The molecule has 1 heterocycles. The average Bonchev–Trinajstić information content (AvgIpc) is 3.17. The first-order chi connectivity index (χ1) is 24.7. The van der Waals surface area contributed by atoms with Crippen LogP contribution < -0.4 is 0 Å². The van der Waals surface area contributed by atoms with E-state index in [9.17, 15) is 5.48 Å². The highest BCUT2D eigenvalue weighted by molar-refractivity contribution is 7.99.